The first-order valence-electron chi connectivity index (χ1n) is 6.16. The molecule has 1 aliphatic rings. The van der Waals surface area contributed by atoms with Crippen LogP contribution >= 0.6 is 0 Å². The lowest BCUT2D eigenvalue weighted by molar-refractivity contribution is -0.115. The number of anilines is 1. The predicted molar refractivity (Wildman–Crippen MR) is 73.9 cm³/mol. The van der Waals surface area contributed by atoms with Crippen LogP contribution in [0, 0.1) is 0 Å². The van der Waals surface area contributed by atoms with Crippen molar-refractivity contribution >= 4 is 22.6 Å². The molecule has 4 rings (SSSR count). The van der Waals surface area contributed by atoms with E-state index in [1.165, 1.54) is 0 Å². The van der Waals surface area contributed by atoms with Gasteiger partial charge in [0.25, 0.3) is 0 Å². The summed E-state index contributed by atoms with van der Waals surface area (Å²) in [5.41, 5.74) is 4.95. The molecule has 3 aromatic rings. The second-order valence-electron chi connectivity index (χ2n) is 4.72. The van der Waals surface area contributed by atoms with Crippen LogP contribution in [0.3, 0.4) is 0 Å². The number of nitrogens with one attached hydrogen (secondary N) is 2. The van der Waals surface area contributed by atoms with Gasteiger partial charge < -0.3 is 10.3 Å². The van der Waals surface area contributed by atoms with Gasteiger partial charge in [0, 0.05) is 23.0 Å². The number of nitrogens with zero attached hydrogens (tertiary/aromatic N) is 1. The Hall–Kier alpha value is -2.62. The molecule has 0 spiro atoms. The Kier molecular flexibility index (Phi) is 2.00. The molecule has 1 amide bonds. The highest BCUT2D eigenvalue weighted by molar-refractivity contribution is 5.99. The zero-order valence-electron chi connectivity index (χ0n) is 10.1. The molecular weight excluding hydrogens is 238 g/mol. The third-order valence-corrected chi connectivity index (χ3v) is 3.43. The maximum Gasteiger partial charge on any atom is 0.228 e. The van der Waals surface area contributed by atoms with Gasteiger partial charge >= 0.3 is 0 Å². The summed E-state index contributed by atoms with van der Waals surface area (Å²) in [4.78, 5) is 18.9. The van der Waals surface area contributed by atoms with Gasteiger partial charge in [-0.05, 0) is 41.5 Å². The van der Waals surface area contributed by atoms with Crippen molar-refractivity contribution in [3.05, 3.63) is 48.2 Å². The molecule has 0 bridgehead atoms. The van der Waals surface area contributed by atoms with Crippen LogP contribution in [0.4, 0.5) is 5.69 Å². The first kappa shape index (κ1) is 10.3. The topological polar surface area (TPSA) is 57.8 Å². The van der Waals surface area contributed by atoms with Gasteiger partial charge in [-0.25, -0.2) is 4.98 Å². The molecule has 2 aromatic heterocycles. The number of hydrogen-bond acceptors (Lipinski definition) is 2. The lowest BCUT2D eigenvalue weighted by atomic mass is 10.1. The van der Waals surface area contributed by atoms with Crippen molar-refractivity contribution in [2.75, 3.05) is 5.32 Å². The number of aromatic amines is 1. The Labute approximate surface area is 109 Å². The van der Waals surface area contributed by atoms with Crippen LogP contribution in [-0.4, -0.2) is 15.9 Å². The molecule has 92 valence electrons. The number of benzene rings is 1. The molecule has 0 aliphatic carbocycles. The SMILES string of the molecule is O=C1Cc2cc(-c3cc4cccnc4[nH]3)ccc2N1. The van der Waals surface area contributed by atoms with Gasteiger partial charge in [-0.15, -0.1) is 0 Å². The average Bonchev–Trinajstić information content (AvgIpc) is 2.99. The number of carbonyl (C=O) groups is 1. The zero-order chi connectivity index (χ0) is 12.8. The first-order valence-corrected chi connectivity index (χ1v) is 6.16. The monoisotopic (exact) mass is 249 g/mol. The summed E-state index contributed by atoms with van der Waals surface area (Å²) in [5, 5.41) is 3.93. The second kappa shape index (κ2) is 3.68. The third kappa shape index (κ3) is 1.61. The lowest BCUT2D eigenvalue weighted by Crippen LogP contribution is -2.03. The normalized spacial score (nSPS) is 13.6. The van der Waals surface area contributed by atoms with Crippen LogP contribution in [0.15, 0.2) is 42.6 Å². The summed E-state index contributed by atoms with van der Waals surface area (Å²) in [6.07, 6.45) is 2.23. The summed E-state index contributed by atoms with van der Waals surface area (Å²) in [5.74, 6) is 0.0606. The van der Waals surface area contributed by atoms with Gasteiger partial charge in [0.2, 0.25) is 5.91 Å². The minimum Gasteiger partial charge on any atom is -0.339 e. The van der Waals surface area contributed by atoms with Crippen LogP contribution in [0.5, 0.6) is 0 Å². The molecule has 2 N–H and O–H groups in total. The van der Waals surface area contributed by atoms with E-state index < -0.39 is 0 Å². The third-order valence-electron chi connectivity index (χ3n) is 3.43. The van der Waals surface area contributed by atoms with E-state index in [0.717, 1.165) is 33.5 Å². The quantitative estimate of drug-likeness (QED) is 0.696. The molecule has 19 heavy (non-hydrogen) atoms. The van der Waals surface area contributed by atoms with Gasteiger partial charge in [0.05, 0.1) is 6.42 Å². The number of H-pyrrole nitrogens is 1. The van der Waals surface area contributed by atoms with Crippen LogP contribution in [0.2, 0.25) is 0 Å². The number of carbonyl (C=O) groups excluding carboxylic acids is 1. The van der Waals surface area contributed by atoms with Gasteiger partial charge in [0.1, 0.15) is 5.65 Å². The highest BCUT2D eigenvalue weighted by Gasteiger charge is 2.18. The number of aromatic nitrogens is 2. The van der Waals surface area contributed by atoms with Gasteiger partial charge in [-0.2, -0.15) is 0 Å². The molecule has 3 heterocycles. The standard InChI is InChI=1S/C15H11N3O/c19-14-8-11-6-9(3-4-12(11)17-14)13-7-10-2-1-5-16-15(10)18-13/h1-7H,8H2,(H,16,18)(H,17,19). The Balaban J connectivity index is 1.84. The van der Waals surface area contributed by atoms with Crippen molar-refractivity contribution in [1.82, 2.24) is 9.97 Å². The minimum atomic E-state index is 0.0606. The highest BCUT2D eigenvalue weighted by atomic mass is 16.1. The summed E-state index contributed by atoms with van der Waals surface area (Å²) in [6, 6.07) is 12.0. The average molecular weight is 249 g/mol. The van der Waals surface area contributed by atoms with Crippen LogP contribution in [0.1, 0.15) is 5.56 Å². The van der Waals surface area contributed by atoms with Crippen molar-refractivity contribution in [1.29, 1.82) is 0 Å². The van der Waals surface area contributed by atoms with E-state index in [-0.39, 0.29) is 5.91 Å². The van der Waals surface area contributed by atoms with Crippen molar-refractivity contribution in [2.45, 2.75) is 6.42 Å². The Bertz CT molecular complexity index is 771. The van der Waals surface area contributed by atoms with Crippen molar-refractivity contribution in [2.24, 2.45) is 0 Å². The van der Waals surface area contributed by atoms with Crippen LogP contribution in [0.25, 0.3) is 22.3 Å². The summed E-state index contributed by atoms with van der Waals surface area (Å²) in [7, 11) is 0. The van der Waals surface area contributed by atoms with Crippen LogP contribution in [-0.2, 0) is 11.2 Å². The molecule has 1 aliphatic heterocycles. The first-order chi connectivity index (χ1) is 9.29. The molecular formula is C15H11N3O. The highest BCUT2D eigenvalue weighted by Crippen LogP contribution is 2.29. The smallest absolute Gasteiger partial charge is 0.228 e. The van der Waals surface area contributed by atoms with Gasteiger partial charge in [-0.1, -0.05) is 6.07 Å². The summed E-state index contributed by atoms with van der Waals surface area (Å²) in [6.45, 7) is 0. The second-order valence-corrected chi connectivity index (χ2v) is 4.72. The number of pyridine rings is 1. The minimum absolute atomic E-state index is 0.0606. The molecule has 0 saturated heterocycles. The molecule has 4 nitrogen and oxygen atoms in total. The van der Waals surface area contributed by atoms with E-state index in [1.807, 2.05) is 24.3 Å². The maximum atomic E-state index is 11.4. The summed E-state index contributed by atoms with van der Waals surface area (Å²) >= 11 is 0. The van der Waals surface area contributed by atoms with E-state index in [9.17, 15) is 4.79 Å². The number of fused-ring (bicyclic) bond motifs is 2. The molecule has 0 fully saturated rings. The molecule has 0 radical (unpaired) electrons. The van der Waals surface area contributed by atoms with Gasteiger partial charge in [-0.3, -0.25) is 4.79 Å². The fourth-order valence-corrected chi connectivity index (χ4v) is 2.51. The number of hydrogen-bond donors (Lipinski definition) is 2. The fourth-order valence-electron chi connectivity index (χ4n) is 2.51. The summed E-state index contributed by atoms with van der Waals surface area (Å²) < 4.78 is 0. The number of rotatable bonds is 1. The van der Waals surface area contributed by atoms with E-state index in [2.05, 4.69) is 27.4 Å². The molecule has 1 aromatic carbocycles. The molecule has 0 atom stereocenters. The zero-order valence-corrected chi connectivity index (χ0v) is 10.1. The van der Waals surface area contributed by atoms with E-state index in [0.29, 0.717) is 6.42 Å². The van der Waals surface area contributed by atoms with Crippen LogP contribution < -0.4 is 5.32 Å². The molecule has 0 unspecified atom stereocenters. The Morgan fingerprint density at radius 2 is 2.11 bits per heavy atom. The molecule has 0 saturated carbocycles. The molecule has 4 heteroatoms. The fraction of sp³-hybridized carbons (Fsp3) is 0.0667. The maximum absolute atomic E-state index is 11.4. The number of amides is 1. The van der Waals surface area contributed by atoms with E-state index in [4.69, 9.17) is 0 Å². The lowest BCUT2D eigenvalue weighted by Gasteiger charge is -2.01. The predicted octanol–water partition coefficient (Wildman–Crippen LogP) is 2.72. The largest absolute Gasteiger partial charge is 0.339 e. The van der Waals surface area contributed by atoms with Crippen molar-refractivity contribution < 1.29 is 4.79 Å². The van der Waals surface area contributed by atoms with E-state index in [1.54, 1.807) is 6.20 Å². The van der Waals surface area contributed by atoms with E-state index >= 15 is 0 Å². The van der Waals surface area contributed by atoms with Crippen molar-refractivity contribution in [3.8, 4) is 11.3 Å². The van der Waals surface area contributed by atoms with Gasteiger partial charge in [0.15, 0.2) is 0 Å². The van der Waals surface area contributed by atoms with Crippen molar-refractivity contribution in [3.63, 3.8) is 0 Å². The Morgan fingerprint density at radius 3 is 3.00 bits per heavy atom. The Morgan fingerprint density at radius 1 is 1.16 bits per heavy atom.